The summed E-state index contributed by atoms with van der Waals surface area (Å²) < 4.78 is 5.97. The van der Waals surface area contributed by atoms with Crippen LogP contribution in [0, 0.1) is 0 Å². The van der Waals surface area contributed by atoms with Gasteiger partial charge >= 0.3 is 12.1 Å². The minimum atomic E-state index is -1.22. The Morgan fingerprint density at radius 2 is 1.62 bits per heavy atom. The highest BCUT2D eigenvalue weighted by Gasteiger charge is 2.29. The van der Waals surface area contributed by atoms with Crippen LogP contribution in [-0.2, 0) is 14.4 Å². The Balaban J connectivity index is 1.41. The smallest absolute Gasteiger partial charge is 0.411 e. The number of halogens is 1. The average Bonchev–Trinajstić information content (AvgIpc) is 3.16. The summed E-state index contributed by atoms with van der Waals surface area (Å²) in [5, 5.41) is 11.5. The number of aliphatic carboxylic acids is 1. The van der Waals surface area contributed by atoms with Gasteiger partial charge in [0.25, 0.3) is 5.91 Å². The summed E-state index contributed by atoms with van der Waals surface area (Å²) in [5.74, 6) is -1.96. The van der Waals surface area contributed by atoms with Gasteiger partial charge in [-0.1, -0.05) is 48.5 Å². The highest BCUT2D eigenvalue weighted by atomic mass is 79.9. The molecule has 0 fully saturated rings. The van der Waals surface area contributed by atoms with Crippen molar-refractivity contribution >= 4 is 39.6 Å². The maximum Gasteiger partial charge on any atom is 0.411 e. The first-order valence-electron chi connectivity index (χ1n) is 10.5. The molecule has 1 atom stereocenters. The molecule has 1 aliphatic carbocycles. The molecule has 0 bridgehead atoms. The van der Waals surface area contributed by atoms with Crippen LogP contribution in [0.4, 0.5) is 10.5 Å². The molecular weight excluding hydrogens is 504 g/mol. The SMILES string of the molecule is CC(ONC(=O)c1cc(NC(=O)OCC2c3ccccc3-c3ccccc32)ccc1Br)C(=O)O. The molecule has 3 N–H and O–H groups in total. The lowest BCUT2D eigenvalue weighted by Gasteiger charge is -2.15. The Morgan fingerprint density at radius 1 is 1.00 bits per heavy atom. The number of ether oxygens (including phenoxy) is 1. The molecule has 34 heavy (non-hydrogen) atoms. The van der Waals surface area contributed by atoms with Gasteiger partial charge in [0.1, 0.15) is 6.61 Å². The van der Waals surface area contributed by atoms with E-state index in [9.17, 15) is 14.4 Å². The lowest BCUT2D eigenvalue weighted by Crippen LogP contribution is -2.32. The molecule has 0 aromatic heterocycles. The van der Waals surface area contributed by atoms with Gasteiger partial charge in [0.15, 0.2) is 6.10 Å². The second kappa shape index (κ2) is 10.1. The lowest BCUT2D eigenvalue weighted by molar-refractivity contribution is -0.152. The van der Waals surface area contributed by atoms with Crippen LogP contribution in [0.5, 0.6) is 0 Å². The van der Waals surface area contributed by atoms with E-state index in [-0.39, 0.29) is 18.1 Å². The van der Waals surface area contributed by atoms with E-state index in [0.29, 0.717) is 10.2 Å². The van der Waals surface area contributed by atoms with Crippen LogP contribution in [0.3, 0.4) is 0 Å². The quantitative estimate of drug-likeness (QED) is 0.377. The van der Waals surface area contributed by atoms with Crippen LogP contribution in [0.1, 0.15) is 34.3 Å². The van der Waals surface area contributed by atoms with Crippen molar-refractivity contribution in [3.63, 3.8) is 0 Å². The first kappa shape index (κ1) is 23.5. The molecule has 1 unspecified atom stereocenters. The van der Waals surface area contributed by atoms with E-state index in [0.717, 1.165) is 22.3 Å². The number of benzene rings is 3. The summed E-state index contributed by atoms with van der Waals surface area (Å²) in [6.07, 6.45) is -1.88. The van der Waals surface area contributed by atoms with Crippen molar-refractivity contribution in [1.82, 2.24) is 5.48 Å². The van der Waals surface area contributed by atoms with Crippen molar-refractivity contribution in [2.75, 3.05) is 11.9 Å². The highest BCUT2D eigenvalue weighted by Crippen LogP contribution is 2.44. The molecular formula is C25H21BrN2O6. The van der Waals surface area contributed by atoms with Crippen molar-refractivity contribution in [2.45, 2.75) is 18.9 Å². The van der Waals surface area contributed by atoms with E-state index >= 15 is 0 Å². The van der Waals surface area contributed by atoms with Crippen molar-refractivity contribution in [3.8, 4) is 11.1 Å². The van der Waals surface area contributed by atoms with Crippen molar-refractivity contribution in [1.29, 1.82) is 0 Å². The maximum absolute atomic E-state index is 12.5. The number of anilines is 1. The van der Waals surface area contributed by atoms with E-state index in [1.54, 1.807) is 12.1 Å². The monoisotopic (exact) mass is 524 g/mol. The van der Waals surface area contributed by atoms with Crippen molar-refractivity contribution in [3.05, 3.63) is 87.9 Å². The number of carbonyl (C=O) groups excluding carboxylic acids is 2. The van der Waals surface area contributed by atoms with Gasteiger partial charge in [-0.15, -0.1) is 0 Å². The first-order valence-corrected chi connectivity index (χ1v) is 11.2. The van der Waals surface area contributed by atoms with Crippen LogP contribution in [0.15, 0.2) is 71.2 Å². The third kappa shape index (κ3) is 4.95. The van der Waals surface area contributed by atoms with E-state index < -0.39 is 24.1 Å². The molecule has 9 heteroatoms. The van der Waals surface area contributed by atoms with Crippen molar-refractivity contribution < 1.29 is 29.1 Å². The van der Waals surface area contributed by atoms with Gasteiger partial charge in [0.05, 0.1) is 5.56 Å². The molecule has 0 aliphatic heterocycles. The number of hydrogen-bond donors (Lipinski definition) is 3. The second-order valence-electron chi connectivity index (χ2n) is 7.67. The number of hydrogen-bond acceptors (Lipinski definition) is 5. The molecule has 3 aromatic carbocycles. The fourth-order valence-corrected chi connectivity index (χ4v) is 4.20. The van der Waals surface area contributed by atoms with Gasteiger partial charge in [0.2, 0.25) is 0 Å². The largest absolute Gasteiger partial charge is 0.479 e. The van der Waals surface area contributed by atoms with E-state index in [2.05, 4.69) is 38.9 Å². The molecule has 0 saturated heterocycles. The third-order valence-corrected chi connectivity index (χ3v) is 6.17. The number of fused-ring (bicyclic) bond motifs is 3. The fourth-order valence-electron chi connectivity index (χ4n) is 3.78. The Morgan fingerprint density at radius 3 is 2.24 bits per heavy atom. The van der Waals surface area contributed by atoms with Crippen molar-refractivity contribution in [2.24, 2.45) is 0 Å². The predicted octanol–water partition coefficient (Wildman–Crippen LogP) is 4.94. The highest BCUT2D eigenvalue weighted by molar-refractivity contribution is 9.10. The Labute approximate surface area is 204 Å². The van der Waals surface area contributed by atoms with Gasteiger partial charge in [-0.3, -0.25) is 14.9 Å². The fraction of sp³-hybridized carbons (Fsp3) is 0.160. The number of carboxylic acids is 1. The number of carbonyl (C=O) groups is 3. The summed E-state index contributed by atoms with van der Waals surface area (Å²) in [5.41, 5.74) is 7.05. The van der Waals surface area contributed by atoms with Gasteiger partial charge in [-0.2, -0.15) is 0 Å². The molecule has 8 nitrogen and oxygen atoms in total. The number of nitrogens with one attached hydrogen (secondary N) is 2. The van der Waals surface area contributed by atoms with Crippen LogP contribution in [0.2, 0.25) is 0 Å². The third-order valence-electron chi connectivity index (χ3n) is 5.48. The molecule has 4 rings (SSSR count). The molecule has 0 spiro atoms. The normalized spacial score (nSPS) is 12.9. The molecule has 2 amide bonds. The van der Waals surface area contributed by atoms with Gasteiger partial charge in [0, 0.05) is 16.1 Å². The van der Waals surface area contributed by atoms with Gasteiger partial charge in [-0.25, -0.2) is 15.1 Å². The summed E-state index contributed by atoms with van der Waals surface area (Å²) in [6, 6.07) is 20.7. The second-order valence-corrected chi connectivity index (χ2v) is 8.53. The molecule has 3 aromatic rings. The van der Waals surface area contributed by atoms with Crippen LogP contribution in [0.25, 0.3) is 11.1 Å². The number of carboxylic acid groups (broad SMARTS) is 1. The summed E-state index contributed by atoms with van der Waals surface area (Å²) >= 11 is 3.26. The summed E-state index contributed by atoms with van der Waals surface area (Å²) in [7, 11) is 0. The Bertz CT molecular complexity index is 1220. The van der Waals surface area contributed by atoms with Crippen LogP contribution < -0.4 is 10.8 Å². The Hall–Kier alpha value is -3.69. The van der Waals surface area contributed by atoms with Gasteiger partial charge < -0.3 is 9.84 Å². The van der Waals surface area contributed by atoms with Crippen LogP contribution >= 0.6 is 15.9 Å². The number of hydroxylamine groups is 1. The first-order chi connectivity index (χ1) is 16.3. The molecule has 0 heterocycles. The molecule has 174 valence electrons. The molecule has 1 aliphatic rings. The zero-order valence-electron chi connectivity index (χ0n) is 18.1. The number of rotatable bonds is 7. The predicted molar refractivity (Wildman–Crippen MR) is 128 cm³/mol. The standard InChI is InChI=1S/C25H21BrN2O6/c1-14(24(30)31)34-28-23(29)20-12-15(10-11-22(20)26)27-25(32)33-13-21-18-8-4-2-6-16(18)17-7-3-5-9-19(17)21/h2-12,14,21H,13H2,1H3,(H,27,32)(H,28,29)(H,30,31). The summed E-state index contributed by atoms with van der Waals surface area (Å²) in [6.45, 7) is 1.44. The average molecular weight is 525 g/mol. The Kier molecular flexibility index (Phi) is 6.95. The number of amides is 2. The zero-order chi connectivity index (χ0) is 24.2. The summed E-state index contributed by atoms with van der Waals surface area (Å²) in [4.78, 5) is 40.5. The van der Waals surface area contributed by atoms with E-state index in [1.807, 2.05) is 36.4 Å². The lowest BCUT2D eigenvalue weighted by atomic mass is 9.98. The minimum absolute atomic E-state index is 0.0715. The molecule has 0 saturated carbocycles. The zero-order valence-corrected chi connectivity index (χ0v) is 19.7. The van der Waals surface area contributed by atoms with Gasteiger partial charge in [-0.05, 0) is 63.3 Å². The van der Waals surface area contributed by atoms with E-state index in [1.165, 1.54) is 13.0 Å². The topological polar surface area (TPSA) is 114 Å². The minimum Gasteiger partial charge on any atom is -0.479 e. The maximum atomic E-state index is 12.5. The van der Waals surface area contributed by atoms with Crippen LogP contribution in [-0.4, -0.2) is 35.8 Å². The van der Waals surface area contributed by atoms with E-state index in [4.69, 9.17) is 14.7 Å². The molecule has 0 radical (unpaired) electrons.